The number of para-hydroxylation sites is 1. The van der Waals surface area contributed by atoms with Gasteiger partial charge in [0.05, 0.1) is 24.0 Å². The third-order valence-corrected chi connectivity index (χ3v) is 4.63. The number of aromatic nitrogens is 5. The van der Waals surface area contributed by atoms with E-state index in [0.717, 1.165) is 30.9 Å². The molecule has 7 heteroatoms. The van der Waals surface area contributed by atoms with Crippen molar-refractivity contribution < 1.29 is 0 Å². The van der Waals surface area contributed by atoms with Crippen LogP contribution in [0.2, 0.25) is 0 Å². The fraction of sp³-hybridized carbons (Fsp3) is 0.412. The van der Waals surface area contributed by atoms with E-state index < -0.39 is 0 Å². The third-order valence-electron chi connectivity index (χ3n) is 4.63. The third kappa shape index (κ3) is 3.07. The second kappa shape index (κ2) is 6.52. The van der Waals surface area contributed by atoms with Gasteiger partial charge in [-0.1, -0.05) is 18.6 Å². The van der Waals surface area contributed by atoms with Gasteiger partial charge in [-0.3, -0.25) is 14.4 Å². The molecule has 1 N–H and O–H groups in total. The Labute approximate surface area is 139 Å². The van der Waals surface area contributed by atoms with Crippen LogP contribution in [0.1, 0.15) is 25.1 Å². The van der Waals surface area contributed by atoms with E-state index in [1.807, 2.05) is 22.9 Å². The molecule has 3 aromatic rings. The Bertz CT molecular complexity index is 872. The Morgan fingerprint density at radius 1 is 1.25 bits per heavy atom. The maximum Gasteiger partial charge on any atom is 0.258 e. The Kier molecular flexibility index (Phi) is 4.08. The molecule has 0 aliphatic carbocycles. The minimum atomic E-state index is -0.0690. The van der Waals surface area contributed by atoms with E-state index in [4.69, 9.17) is 0 Å². The first kappa shape index (κ1) is 15.0. The Balaban J connectivity index is 1.57. The Hall–Kier alpha value is -2.54. The van der Waals surface area contributed by atoms with Gasteiger partial charge in [-0.25, -0.2) is 9.97 Å². The number of hydrogen-bond donors (Lipinski definition) is 1. The molecule has 1 aromatic carbocycles. The molecule has 0 unspecified atom stereocenters. The number of piperidine rings is 1. The zero-order chi connectivity index (χ0) is 16.4. The summed E-state index contributed by atoms with van der Waals surface area (Å²) in [6.07, 6.45) is 6.83. The lowest BCUT2D eigenvalue weighted by atomic mass is 10.0. The number of likely N-dealkylation sites (tertiary alicyclic amines) is 1. The Morgan fingerprint density at radius 2 is 2.17 bits per heavy atom. The summed E-state index contributed by atoms with van der Waals surface area (Å²) < 4.78 is 1.87. The van der Waals surface area contributed by atoms with E-state index in [1.165, 1.54) is 12.8 Å². The van der Waals surface area contributed by atoms with Gasteiger partial charge in [-0.15, -0.1) is 0 Å². The number of aromatic amines is 1. The Morgan fingerprint density at radius 3 is 3.04 bits per heavy atom. The lowest BCUT2D eigenvalue weighted by molar-refractivity contribution is 0.119. The van der Waals surface area contributed by atoms with Gasteiger partial charge >= 0.3 is 0 Å². The molecular formula is C17H20N6O. The molecule has 1 aliphatic heterocycles. The summed E-state index contributed by atoms with van der Waals surface area (Å²) in [4.78, 5) is 26.2. The van der Waals surface area contributed by atoms with Gasteiger partial charge in [-0.2, -0.15) is 5.10 Å². The summed E-state index contributed by atoms with van der Waals surface area (Å²) >= 11 is 0. The number of nitrogens with zero attached hydrogens (tertiary/aromatic N) is 5. The van der Waals surface area contributed by atoms with Crippen molar-refractivity contribution in [1.82, 2.24) is 29.6 Å². The van der Waals surface area contributed by atoms with Crippen molar-refractivity contribution in [2.75, 3.05) is 6.54 Å². The number of H-pyrrole nitrogens is 1. The highest BCUT2D eigenvalue weighted by Crippen LogP contribution is 2.20. The molecule has 0 radical (unpaired) electrons. The molecule has 7 nitrogen and oxygen atoms in total. The van der Waals surface area contributed by atoms with Crippen molar-refractivity contribution in [3.63, 3.8) is 0 Å². The topological polar surface area (TPSA) is 79.7 Å². The first-order chi connectivity index (χ1) is 11.8. The second-order valence-corrected chi connectivity index (χ2v) is 6.27. The van der Waals surface area contributed by atoms with Crippen LogP contribution in [0.4, 0.5) is 0 Å². The van der Waals surface area contributed by atoms with Gasteiger partial charge in [-0.05, 0) is 31.5 Å². The van der Waals surface area contributed by atoms with Gasteiger partial charge < -0.3 is 4.98 Å². The molecule has 0 bridgehead atoms. The van der Waals surface area contributed by atoms with Crippen LogP contribution in [0.5, 0.6) is 0 Å². The van der Waals surface area contributed by atoms with E-state index in [1.54, 1.807) is 18.7 Å². The SMILES string of the molecule is O=c1[nH]c(CN2CCCC[C@@H]2Cn2cncn2)nc2ccccc12. The molecule has 1 aliphatic rings. The lowest BCUT2D eigenvalue weighted by Crippen LogP contribution is -2.42. The number of rotatable bonds is 4. The van der Waals surface area contributed by atoms with Crippen LogP contribution in [0.25, 0.3) is 10.9 Å². The maximum atomic E-state index is 12.2. The summed E-state index contributed by atoms with van der Waals surface area (Å²) in [7, 11) is 0. The first-order valence-electron chi connectivity index (χ1n) is 8.34. The van der Waals surface area contributed by atoms with Crippen molar-refractivity contribution in [2.24, 2.45) is 0 Å². The quantitative estimate of drug-likeness (QED) is 0.788. The number of hydrogen-bond acceptors (Lipinski definition) is 5. The van der Waals surface area contributed by atoms with Gasteiger partial charge in [0, 0.05) is 6.04 Å². The van der Waals surface area contributed by atoms with Crippen LogP contribution in [-0.4, -0.2) is 42.2 Å². The molecule has 3 heterocycles. The molecule has 1 saturated heterocycles. The minimum absolute atomic E-state index is 0.0690. The zero-order valence-corrected chi connectivity index (χ0v) is 13.4. The zero-order valence-electron chi connectivity index (χ0n) is 13.4. The summed E-state index contributed by atoms with van der Waals surface area (Å²) in [5.74, 6) is 0.726. The van der Waals surface area contributed by atoms with Crippen molar-refractivity contribution in [1.29, 1.82) is 0 Å². The molecule has 1 atom stereocenters. The van der Waals surface area contributed by atoms with Crippen LogP contribution in [0.15, 0.2) is 41.7 Å². The largest absolute Gasteiger partial charge is 0.309 e. The van der Waals surface area contributed by atoms with E-state index in [2.05, 4.69) is 25.0 Å². The summed E-state index contributed by atoms with van der Waals surface area (Å²) in [6, 6.07) is 7.85. The molecule has 24 heavy (non-hydrogen) atoms. The predicted octanol–water partition coefficient (Wildman–Crippen LogP) is 1.57. The fourth-order valence-corrected chi connectivity index (χ4v) is 3.42. The number of benzene rings is 1. The van der Waals surface area contributed by atoms with E-state index in [-0.39, 0.29) is 5.56 Å². The molecule has 0 spiro atoms. The number of nitrogens with one attached hydrogen (secondary N) is 1. The lowest BCUT2D eigenvalue weighted by Gasteiger charge is -2.35. The van der Waals surface area contributed by atoms with Gasteiger partial charge in [0.1, 0.15) is 18.5 Å². The number of fused-ring (bicyclic) bond motifs is 1. The van der Waals surface area contributed by atoms with E-state index >= 15 is 0 Å². The summed E-state index contributed by atoms with van der Waals surface area (Å²) in [5, 5.41) is 4.85. The first-order valence-corrected chi connectivity index (χ1v) is 8.34. The second-order valence-electron chi connectivity index (χ2n) is 6.27. The molecular weight excluding hydrogens is 304 g/mol. The average molecular weight is 324 g/mol. The molecule has 0 saturated carbocycles. The van der Waals surface area contributed by atoms with Crippen molar-refractivity contribution in [3.8, 4) is 0 Å². The van der Waals surface area contributed by atoms with Gasteiger partial charge in [0.2, 0.25) is 0 Å². The highest BCUT2D eigenvalue weighted by Gasteiger charge is 2.24. The van der Waals surface area contributed by atoms with Crippen LogP contribution >= 0.6 is 0 Å². The molecule has 1 fully saturated rings. The van der Waals surface area contributed by atoms with Gasteiger partial charge in [0.25, 0.3) is 5.56 Å². The average Bonchev–Trinajstić information content (AvgIpc) is 3.10. The standard InChI is InChI=1S/C17H20N6O/c24-17-14-6-1-2-7-15(14)20-16(21-17)10-22-8-4-3-5-13(22)9-23-12-18-11-19-23/h1-2,6-7,11-13H,3-5,8-10H2,(H,20,21,24)/t13-/m1/s1. The highest BCUT2D eigenvalue weighted by atomic mass is 16.1. The normalized spacial score (nSPS) is 18.9. The predicted molar refractivity (Wildman–Crippen MR) is 90.4 cm³/mol. The molecule has 2 aromatic heterocycles. The van der Waals surface area contributed by atoms with Crippen LogP contribution in [-0.2, 0) is 13.1 Å². The summed E-state index contributed by atoms with van der Waals surface area (Å²) in [5.41, 5.74) is 0.682. The van der Waals surface area contributed by atoms with Crippen LogP contribution in [0, 0.1) is 0 Å². The molecule has 124 valence electrons. The molecule has 4 rings (SSSR count). The fourth-order valence-electron chi connectivity index (χ4n) is 3.42. The highest BCUT2D eigenvalue weighted by molar-refractivity contribution is 5.77. The smallest absolute Gasteiger partial charge is 0.258 e. The summed E-state index contributed by atoms with van der Waals surface area (Å²) in [6.45, 7) is 2.48. The van der Waals surface area contributed by atoms with Crippen molar-refractivity contribution in [3.05, 3.63) is 53.1 Å². The van der Waals surface area contributed by atoms with E-state index in [0.29, 0.717) is 18.0 Å². The monoisotopic (exact) mass is 324 g/mol. The van der Waals surface area contributed by atoms with Gasteiger partial charge in [0.15, 0.2) is 0 Å². The maximum absolute atomic E-state index is 12.2. The molecule has 0 amide bonds. The van der Waals surface area contributed by atoms with Crippen molar-refractivity contribution in [2.45, 2.75) is 38.4 Å². The van der Waals surface area contributed by atoms with Crippen LogP contribution in [0.3, 0.4) is 0 Å². The van der Waals surface area contributed by atoms with Crippen LogP contribution < -0.4 is 5.56 Å². The van der Waals surface area contributed by atoms with Crippen molar-refractivity contribution >= 4 is 10.9 Å². The minimum Gasteiger partial charge on any atom is -0.309 e. The van der Waals surface area contributed by atoms with E-state index in [9.17, 15) is 4.79 Å².